The van der Waals surface area contributed by atoms with Gasteiger partial charge >= 0.3 is 11.9 Å². The van der Waals surface area contributed by atoms with Crippen molar-refractivity contribution >= 4 is 41.4 Å². The molecular formula is C33H64N5O13+. The van der Waals surface area contributed by atoms with Gasteiger partial charge in [0.2, 0.25) is 23.6 Å². The third kappa shape index (κ3) is 37.4. The number of hydrogen-bond donors (Lipinski definition) is 6. The number of amides is 4. The molecule has 4 amide bonds. The molecule has 18 heteroatoms. The summed E-state index contributed by atoms with van der Waals surface area (Å²) in [6.45, 7) is 11.4. The van der Waals surface area contributed by atoms with Crippen molar-refractivity contribution in [2.75, 3.05) is 93.6 Å². The van der Waals surface area contributed by atoms with E-state index in [9.17, 15) is 38.7 Å². The van der Waals surface area contributed by atoms with Gasteiger partial charge in [0.25, 0.3) is 0 Å². The largest absolute Gasteiger partial charge is 0.481 e. The molecule has 51 heavy (non-hydrogen) atoms. The summed E-state index contributed by atoms with van der Waals surface area (Å²) in [5.41, 5.74) is 0. The summed E-state index contributed by atoms with van der Waals surface area (Å²) in [7, 11) is 5.54. The van der Waals surface area contributed by atoms with Crippen molar-refractivity contribution in [1.29, 1.82) is 0 Å². The van der Waals surface area contributed by atoms with E-state index < -0.39 is 41.7 Å². The molecule has 0 saturated carbocycles. The third-order valence-corrected chi connectivity index (χ3v) is 5.85. The molecule has 6 N–H and O–H groups in total. The zero-order valence-electron chi connectivity index (χ0n) is 31.8. The molecule has 0 bridgehead atoms. The Hall–Kier alpha value is -3.71. The molecule has 0 heterocycles. The second-order valence-corrected chi connectivity index (χ2v) is 11.6. The number of carboxylic acids is 2. The van der Waals surface area contributed by atoms with Crippen LogP contribution in [0.4, 0.5) is 0 Å². The molecule has 0 aromatic heterocycles. The number of ether oxygens (including phenoxy) is 4. The van der Waals surface area contributed by atoms with Gasteiger partial charge in [-0.15, -0.1) is 0 Å². The van der Waals surface area contributed by atoms with Gasteiger partial charge in [0.1, 0.15) is 19.3 Å². The van der Waals surface area contributed by atoms with Gasteiger partial charge in [0.05, 0.1) is 79.8 Å². The molecule has 0 aromatic carbocycles. The van der Waals surface area contributed by atoms with Gasteiger partial charge in [0.15, 0.2) is 5.78 Å². The number of quaternary nitrogens is 1. The van der Waals surface area contributed by atoms with Crippen molar-refractivity contribution < 1.29 is 67.2 Å². The van der Waals surface area contributed by atoms with E-state index in [0.29, 0.717) is 24.2 Å². The lowest BCUT2D eigenvalue weighted by Gasteiger charge is -2.29. The molecule has 0 rings (SSSR count). The van der Waals surface area contributed by atoms with Gasteiger partial charge in [0, 0.05) is 32.4 Å². The fraction of sp³-hybridized carbons (Fsp3) is 0.788. The molecule has 0 saturated heterocycles. The van der Waals surface area contributed by atoms with Crippen molar-refractivity contribution in [3.63, 3.8) is 0 Å². The van der Waals surface area contributed by atoms with Crippen LogP contribution >= 0.6 is 0 Å². The maximum absolute atomic E-state index is 12.3. The minimum atomic E-state index is -1.34. The Balaban J connectivity index is -0.00000554. The van der Waals surface area contributed by atoms with Crippen LogP contribution in [-0.2, 0) is 52.5 Å². The first-order valence-corrected chi connectivity index (χ1v) is 17.3. The SMILES string of the molecule is CC.CC.CC(=O)COCCOCCNC(=O)COCCOCCNC(=O)CCC(NC(=O)CCC(=O)NC(CC(=O)O)C[N+](C)(C)C)C(=O)O. The molecule has 0 aliphatic heterocycles. The van der Waals surface area contributed by atoms with E-state index in [1.807, 2.05) is 48.8 Å². The normalized spacial score (nSPS) is 11.7. The first-order valence-electron chi connectivity index (χ1n) is 17.3. The average molecular weight is 739 g/mol. The number of carbonyl (C=O) groups excluding carboxylic acids is 5. The van der Waals surface area contributed by atoms with Crippen LogP contribution < -0.4 is 21.3 Å². The van der Waals surface area contributed by atoms with Crippen LogP contribution in [0.3, 0.4) is 0 Å². The Morgan fingerprint density at radius 3 is 1.55 bits per heavy atom. The highest BCUT2D eigenvalue weighted by Gasteiger charge is 2.24. The molecule has 18 nitrogen and oxygen atoms in total. The Bertz CT molecular complexity index is 1010. The van der Waals surface area contributed by atoms with Crippen molar-refractivity contribution in [3.8, 4) is 0 Å². The standard InChI is InChI=1S/C29H51N5O13.2C2H6/c1-21(35)19-46-15-13-45-12-10-31-27(39)20-47-16-14-44-11-9-30-24(36)6-5-23(29(42)43)33-26(38)8-7-25(37)32-22(17-28(40)41)18-34(2,3)4;2*1-2/h22-23H,5-20H2,1-4H3,(H5-,30,31,32,33,36,37,38,39,40,41,42,43);2*1-2H3/p+1. The lowest BCUT2D eigenvalue weighted by molar-refractivity contribution is -0.871. The molecule has 0 radical (unpaired) electrons. The van der Waals surface area contributed by atoms with Gasteiger partial charge < -0.3 is 54.9 Å². The smallest absolute Gasteiger partial charge is 0.326 e. The van der Waals surface area contributed by atoms with E-state index in [1.165, 1.54) is 6.92 Å². The van der Waals surface area contributed by atoms with Crippen molar-refractivity contribution in [2.45, 2.75) is 78.8 Å². The minimum absolute atomic E-state index is 0.0411. The Morgan fingerprint density at radius 1 is 0.608 bits per heavy atom. The summed E-state index contributed by atoms with van der Waals surface area (Å²) in [5.74, 6) is -4.48. The predicted octanol–water partition coefficient (Wildman–Crippen LogP) is -0.278. The molecule has 2 atom stereocenters. The quantitative estimate of drug-likeness (QED) is 0.0428. The van der Waals surface area contributed by atoms with E-state index in [4.69, 9.17) is 24.1 Å². The summed E-state index contributed by atoms with van der Waals surface area (Å²) in [6.07, 6.45) is -1.22. The Morgan fingerprint density at radius 2 is 1.08 bits per heavy atom. The summed E-state index contributed by atoms with van der Waals surface area (Å²) >= 11 is 0. The molecule has 0 spiro atoms. The molecule has 0 fully saturated rings. The number of aliphatic carboxylic acids is 2. The average Bonchev–Trinajstić information content (AvgIpc) is 3.04. The predicted molar refractivity (Wildman–Crippen MR) is 188 cm³/mol. The fourth-order valence-electron chi connectivity index (χ4n) is 3.84. The van der Waals surface area contributed by atoms with Gasteiger partial charge in [-0.1, -0.05) is 27.7 Å². The van der Waals surface area contributed by atoms with E-state index in [1.54, 1.807) is 0 Å². The van der Waals surface area contributed by atoms with Crippen LogP contribution in [-0.4, -0.2) is 162 Å². The number of nitrogens with one attached hydrogen (secondary N) is 4. The molecule has 0 aliphatic carbocycles. The molecule has 2 unspecified atom stereocenters. The van der Waals surface area contributed by atoms with Crippen molar-refractivity contribution in [1.82, 2.24) is 21.3 Å². The number of Topliss-reactive ketones (excluding diaryl/α,β-unsaturated/α-hetero) is 1. The summed E-state index contributed by atoms with van der Waals surface area (Å²) in [5, 5.41) is 28.6. The highest BCUT2D eigenvalue weighted by Crippen LogP contribution is 2.03. The summed E-state index contributed by atoms with van der Waals surface area (Å²) in [4.78, 5) is 81.7. The van der Waals surface area contributed by atoms with Gasteiger partial charge in [-0.2, -0.15) is 0 Å². The van der Waals surface area contributed by atoms with E-state index >= 15 is 0 Å². The maximum atomic E-state index is 12.3. The molecule has 0 aliphatic rings. The van der Waals surface area contributed by atoms with Crippen LogP contribution in [0.15, 0.2) is 0 Å². The topological polar surface area (TPSA) is 245 Å². The highest BCUT2D eigenvalue weighted by molar-refractivity contribution is 5.87. The summed E-state index contributed by atoms with van der Waals surface area (Å²) < 4.78 is 21.2. The van der Waals surface area contributed by atoms with Crippen LogP contribution in [0.5, 0.6) is 0 Å². The number of hydrogen-bond acceptors (Lipinski definition) is 11. The van der Waals surface area contributed by atoms with E-state index in [0.717, 1.165) is 0 Å². The zero-order valence-corrected chi connectivity index (χ0v) is 31.8. The number of carboxylic acid groups (broad SMARTS) is 2. The van der Waals surface area contributed by atoms with Crippen molar-refractivity contribution in [3.05, 3.63) is 0 Å². The summed E-state index contributed by atoms with van der Waals surface area (Å²) in [6, 6.07) is -1.98. The van der Waals surface area contributed by atoms with E-state index in [2.05, 4.69) is 21.3 Å². The number of rotatable bonds is 29. The lowest BCUT2D eigenvalue weighted by Crippen LogP contribution is -2.49. The number of likely N-dealkylation sites (N-methyl/N-ethyl adjacent to an activating group) is 1. The number of carbonyl (C=O) groups is 7. The van der Waals surface area contributed by atoms with Crippen LogP contribution in [0, 0.1) is 0 Å². The minimum Gasteiger partial charge on any atom is -0.481 e. The number of nitrogens with zero attached hydrogens (tertiary/aromatic N) is 1. The van der Waals surface area contributed by atoms with Crippen LogP contribution in [0.1, 0.15) is 66.7 Å². The fourth-order valence-corrected chi connectivity index (χ4v) is 3.84. The monoisotopic (exact) mass is 738 g/mol. The molecular weight excluding hydrogens is 674 g/mol. The van der Waals surface area contributed by atoms with Crippen molar-refractivity contribution in [2.24, 2.45) is 0 Å². The third-order valence-electron chi connectivity index (χ3n) is 5.85. The van der Waals surface area contributed by atoms with E-state index in [-0.39, 0.29) is 96.6 Å². The molecule has 298 valence electrons. The first kappa shape index (κ1) is 51.7. The first-order chi connectivity index (χ1) is 24.1. The second-order valence-electron chi connectivity index (χ2n) is 11.6. The Kier molecular flexibility index (Phi) is 33.9. The van der Waals surface area contributed by atoms with Gasteiger partial charge in [-0.05, 0) is 13.3 Å². The molecule has 0 aromatic rings. The Labute approximate surface area is 302 Å². The second kappa shape index (κ2) is 33.4. The maximum Gasteiger partial charge on any atom is 0.326 e. The van der Waals surface area contributed by atoms with Crippen LogP contribution in [0.2, 0.25) is 0 Å². The lowest BCUT2D eigenvalue weighted by atomic mass is 10.1. The van der Waals surface area contributed by atoms with Crippen LogP contribution in [0.25, 0.3) is 0 Å². The van der Waals surface area contributed by atoms with Gasteiger partial charge in [-0.3, -0.25) is 28.8 Å². The highest BCUT2D eigenvalue weighted by atomic mass is 16.5. The number of ketones is 1. The van der Waals surface area contributed by atoms with Gasteiger partial charge in [-0.25, -0.2) is 4.79 Å². The zero-order chi connectivity index (χ0) is 39.7.